The number of aromatic nitrogens is 4. The fourth-order valence-corrected chi connectivity index (χ4v) is 3.88. The molecule has 0 saturated heterocycles. The van der Waals surface area contributed by atoms with Gasteiger partial charge in [-0.3, -0.25) is 0 Å². The van der Waals surface area contributed by atoms with Crippen LogP contribution < -0.4 is 14.8 Å². The zero-order chi connectivity index (χ0) is 19.8. The number of rotatable bonds is 5. The molecule has 2 aromatic carbocycles. The second-order valence-corrected chi connectivity index (χ2v) is 7.25. The van der Waals surface area contributed by atoms with E-state index < -0.39 is 0 Å². The van der Waals surface area contributed by atoms with Gasteiger partial charge in [0.05, 0.1) is 35.6 Å². The highest BCUT2D eigenvalue weighted by molar-refractivity contribution is 7.16. The summed E-state index contributed by atoms with van der Waals surface area (Å²) in [6.45, 7) is 0. The van der Waals surface area contributed by atoms with E-state index in [1.165, 1.54) is 0 Å². The van der Waals surface area contributed by atoms with Crippen LogP contribution in [0.4, 0.5) is 11.5 Å². The summed E-state index contributed by atoms with van der Waals surface area (Å²) in [4.78, 5) is 13.7. The molecule has 0 radical (unpaired) electrons. The van der Waals surface area contributed by atoms with E-state index in [0.717, 1.165) is 32.8 Å². The Hall–Kier alpha value is -3.65. The summed E-state index contributed by atoms with van der Waals surface area (Å²) in [6.07, 6.45) is 5.63. The van der Waals surface area contributed by atoms with Gasteiger partial charge >= 0.3 is 0 Å². The maximum Gasteiger partial charge on any atom is 0.180 e. The molecule has 1 N–H and O–H groups in total. The lowest BCUT2D eigenvalue weighted by molar-refractivity contribution is 0.355. The van der Waals surface area contributed by atoms with Gasteiger partial charge in [-0.05, 0) is 24.3 Å². The number of nitrogens with zero attached hydrogens (tertiary/aromatic N) is 4. The summed E-state index contributed by atoms with van der Waals surface area (Å²) >= 11 is 1.63. The average Bonchev–Trinajstić information content (AvgIpc) is 3.42. The molecule has 29 heavy (non-hydrogen) atoms. The second kappa shape index (κ2) is 7.06. The fraction of sp³-hybridized carbons (Fsp3) is 0.0952. The van der Waals surface area contributed by atoms with Crippen molar-refractivity contribution < 1.29 is 9.47 Å². The van der Waals surface area contributed by atoms with Gasteiger partial charge in [0, 0.05) is 35.9 Å². The van der Waals surface area contributed by atoms with Crippen LogP contribution in [0.5, 0.6) is 11.5 Å². The Balaban J connectivity index is 1.59. The summed E-state index contributed by atoms with van der Waals surface area (Å²) < 4.78 is 13.8. The maximum absolute atomic E-state index is 5.40. The first-order chi connectivity index (χ1) is 14.2. The summed E-state index contributed by atoms with van der Waals surface area (Å²) in [5, 5.41) is 3.36. The highest BCUT2D eigenvalue weighted by Crippen LogP contribution is 2.32. The third-order valence-electron chi connectivity index (χ3n) is 4.65. The molecule has 0 spiro atoms. The quantitative estimate of drug-likeness (QED) is 0.456. The molecular formula is C21H17N5O2S. The Morgan fingerprint density at radius 3 is 2.76 bits per heavy atom. The molecule has 3 heterocycles. The first-order valence-electron chi connectivity index (χ1n) is 8.91. The molecule has 8 heteroatoms. The number of fused-ring (bicyclic) bond motifs is 2. The van der Waals surface area contributed by atoms with E-state index in [9.17, 15) is 0 Å². The number of methoxy groups -OCH3 is 2. The minimum absolute atomic E-state index is 0.641. The van der Waals surface area contributed by atoms with Crippen LogP contribution in [0.2, 0.25) is 0 Å². The number of ether oxygens (including phenoxy) is 2. The third kappa shape index (κ3) is 3.13. The van der Waals surface area contributed by atoms with Crippen LogP contribution in [-0.2, 0) is 0 Å². The standard InChI is InChI=1S/C21H17N5O2S/c1-27-17-5-4-14(10-18(17)28-2)24-20-21-22-7-8-26(21)11-16(25-20)13-3-6-19-15(9-13)23-12-29-19/h3-12H,1-2H3,(H,24,25). The molecule has 5 aromatic rings. The van der Waals surface area contributed by atoms with E-state index in [1.807, 2.05) is 40.5 Å². The van der Waals surface area contributed by atoms with Crippen LogP contribution in [-0.4, -0.2) is 33.6 Å². The number of hydrogen-bond donors (Lipinski definition) is 1. The Bertz CT molecular complexity index is 1330. The van der Waals surface area contributed by atoms with Crippen molar-refractivity contribution in [3.63, 3.8) is 0 Å². The molecule has 0 amide bonds. The summed E-state index contributed by atoms with van der Waals surface area (Å²) in [6, 6.07) is 11.8. The van der Waals surface area contributed by atoms with Gasteiger partial charge < -0.3 is 19.2 Å². The fourth-order valence-electron chi connectivity index (χ4n) is 3.22. The largest absolute Gasteiger partial charge is 0.493 e. The van der Waals surface area contributed by atoms with E-state index in [0.29, 0.717) is 17.3 Å². The molecule has 0 aliphatic heterocycles. The molecule has 7 nitrogen and oxygen atoms in total. The second-order valence-electron chi connectivity index (χ2n) is 6.36. The van der Waals surface area contributed by atoms with Crippen LogP contribution in [0.15, 0.2) is 60.5 Å². The van der Waals surface area contributed by atoms with E-state index in [4.69, 9.17) is 14.5 Å². The van der Waals surface area contributed by atoms with Gasteiger partial charge in [0.1, 0.15) is 0 Å². The number of imidazole rings is 1. The monoisotopic (exact) mass is 403 g/mol. The van der Waals surface area contributed by atoms with Gasteiger partial charge in [0.25, 0.3) is 0 Å². The van der Waals surface area contributed by atoms with Crippen molar-refractivity contribution in [3.05, 3.63) is 60.5 Å². The van der Waals surface area contributed by atoms with E-state index >= 15 is 0 Å². The van der Waals surface area contributed by atoms with Crippen molar-refractivity contribution in [2.24, 2.45) is 0 Å². The average molecular weight is 403 g/mol. The van der Waals surface area contributed by atoms with Gasteiger partial charge in [0.2, 0.25) is 0 Å². The topological polar surface area (TPSA) is 73.6 Å². The minimum Gasteiger partial charge on any atom is -0.493 e. The van der Waals surface area contributed by atoms with Crippen molar-refractivity contribution in [2.75, 3.05) is 19.5 Å². The van der Waals surface area contributed by atoms with Crippen LogP contribution in [0.1, 0.15) is 0 Å². The van der Waals surface area contributed by atoms with Crippen LogP contribution in [0.25, 0.3) is 27.1 Å². The van der Waals surface area contributed by atoms with E-state index in [2.05, 4.69) is 33.5 Å². The van der Waals surface area contributed by atoms with Gasteiger partial charge in [-0.1, -0.05) is 6.07 Å². The number of thiazole rings is 1. The molecule has 0 aliphatic carbocycles. The predicted octanol–water partition coefficient (Wildman–Crippen LogP) is 4.77. The summed E-state index contributed by atoms with van der Waals surface area (Å²) in [5.74, 6) is 1.96. The lowest BCUT2D eigenvalue weighted by atomic mass is 10.1. The van der Waals surface area contributed by atoms with Crippen LogP contribution >= 0.6 is 11.3 Å². The molecule has 0 unspecified atom stereocenters. The maximum atomic E-state index is 5.40. The Kier molecular flexibility index (Phi) is 4.25. The highest BCUT2D eigenvalue weighted by Gasteiger charge is 2.12. The zero-order valence-corrected chi connectivity index (χ0v) is 16.6. The molecule has 0 saturated carbocycles. The molecule has 0 aliphatic rings. The normalized spacial score (nSPS) is 11.1. The minimum atomic E-state index is 0.641. The van der Waals surface area contributed by atoms with Gasteiger partial charge in [0.15, 0.2) is 23.0 Å². The van der Waals surface area contributed by atoms with Crippen molar-refractivity contribution in [2.45, 2.75) is 0 Å². The summed E-state index contributed by atoms with van der Waals surface area (Å²) in [7, 11) is 3.23. The molecule has 0 fully saturated rings. The number of anilines is 2. The molecule has 5 rings (SSSR count). The van der Waals surface area contributed by atoms with E-state index in [1.54, 1.807) is 31.8 Å². The van der Waals surface area contributed by atoms with Crippen LogP contribution in [0.3, 0.4) is 0 Å². The Morgan fingerprint density at radius 2 is 1.90 bits per heavy atom. The highest BCUT2D eigenvalue weighted by atomic mass is 32.1. The van der Waals surface area contributed by atoms with Gasteiger partial charge in [-0.15, -0.1) is 11.3 Å². The third-order valence-corrected chi connectivity index (χ3v) is 5.46. The van der Waals surface area contributed by atoms with Crippen molar-refractivity contribution in [1.82, 2.24) is 19.4 Å². The Morgan fingerprint density at radius 1 is 1.00 bits per heavy atom. The predicted molar refractivity (Wildman–Crippen MR) is 114 cm³/mol. The Labute approximate surface area is 170 Å². The molecule has 144 valence electrons. The molecule has 0 atom stereocenters. The lowest BCUT2D eigenvalue weighted by Gasteiger charge is -2.12. The molecule has 3 aromatic heterocycles. The number of hydrogen-bond acceptors (Lipinski definition) is 7. The molecule has 0 bridgehead atoms. The smallest absolute Gasteiger partial charge is 0.180 e. The SMILES string of the molecule is COc1ccc(Nc2nc(-c3ccc4scnc4c3)cn3ccnc23)cc1OC. The first-order valence-corrected chi connectivity index (χ1v) is 9.79. The number of benzene rings is 2. The van der Waals surface area contributed by atoms with Gasteiger partial charge in [-0.25, -0.2) is 15.0 Å². The first kappa shape index (κ1) is 17.4. The lowest BCUT2D eigenvalue weighted by Crippen LogP contribution is -2.01. The van der Waals surface area contributed by atoms with Crippen molar-refractivity contribution in [1.29, 1.82) is 0 Å². The van der Waals surface area contributed by atoms with Crippen molar-refractivity contribution >= 4 is 38.7 Å². The van der Waals surface area contributed by atoms with Gasteiger partial charge in [-0.2, -0.15) is 0 Å². The van der Waals surface area contributed by atoms with Crippen molar-refractivity contribution in [3.8, 4) is 22.8 Å². The number of nitrogens with one attached hydrogen (secondary N) is 1. The summed E-state index contributed by atoms with van der Waals surface area (Å²) in [5.41, 5.74) is 6.20. The molecular weight excluding hydrogens is 386 g/mol. The zero-order valence-electron chi connectivity index (χ0n) is 15.8. The van der Waals surface area contributed by atoms with Crippen LogP contribution in [0, 0.1) is 0 Å². The van der Waals surface area contributed by atoms with E-state index in [-0.39, 0.29) is 0 Å².